The molecule has 3 aromatic heterocycles. The van der Waals surface area contributed by atoms with Crippen LogP contribution in [0, 0.1) is 5.82 Å². The van der Waals surface area contributed by atoms with Crippen LogP contribution in [0.15, 0.2) is 49.2 Å². The van der Waals surface area contributed by atoms with Gasteiger partial charge in [-0.05, 0) is 18.2 Å². The molecule has 0 fully saturated rings. The zero-order valence-corrected chi connectivity index (χ0v) is 12.6. The number of anilines is 1. The molecule has 0 aliphatic rings. The van der Waals surface area contributed by atoms with Gasteiger partial charge in [-0.2, -0.15) is 13.2 Å². The predicted molar refractivity (Wildman–Crippen MR) is 83.0 cm³/mol. The highest BCUT2D eigenvalue weighted by molar-refractivity contribution is 5.78. The number of hydrogen-bond donors (Lipinski definition) is 1. The van der Waals surface area contributed by atoms with Crippen LogP contribution in [-0.2, 0) is 0 Å². The second kappa shape index (κ2) is 6.80. The molecule has 3 heterocycles. The molecule has 5 nitrogen and oxygen atoms in total. The van der Waals surface area contributed by atoms with Crippen LogP contribution in [0.4, 0.5) is 23.4 Å². The molecule has 0 spiro atoms. The van der Waals surface area contributed by atoms with Crippen molar-refractivity contribution in [3.63, 3.8) is 0 Å². The molecule has 0 radical (unpaired) electrons. The van der Waals surface area contributed by atoms with Gasteiger partial charge in [0.15, 0.2) is 5.82 Å². The molecule has 25 heavy (non-hydrogen) atoms. The zero-order chi connectivity index (χ0) is 17.9. The van der Waals surface area contributed by atoms with Crippen molar-refractivity contribution < 1.29 is 17.6 Å². The molecule has 0 saturated heterocycles. The first-order valence-corrected chi connectivity index (χ1v) is 7.12. The summed E-state index contributed by atoms with van der Waals surface area (Å²) in [5.41, 5.74) is 1.04. The van der Waals surface area contributed by atoms with Gasteiger partial charge in [0.05, 0.1) is 18.1 Å². The number of nitrogens with zero attached hydrogens (tertiary/aromatic N) is 4. The molecule has 0 aliphatic heterocycles. The average Bonchev–Trinajstić information content (AvgIpc) is 2.60. The van der Waals surface area contributed by atoms with Crippen LogP contribution < -0.4 is 5.32 Å². The highest BCUT2D eigenvalue weighted by Gasteiger charge is 2.27. The maximum Gasteiger partial charge on any atom is 0.405 e. The van der Waals surface area contributed by atoms with Gasteiger partial charge in [0.25, 0.3) is 0 Å². The topological polar surface area (TPSA) is 63.6 Å². The minimum absolute atomic E-state index is 0.0746. The first-order chi connectivity index (χ1) is 11.9. The Morgan fingerprint density at radius 1 is 0.960 bits per heavy atom. The van der Waals surface area contributed by atoms with Crippen molar-refractivity contribution >= 4 is 5.82 Å². The van der Waals surface area contributed by atoms with Gasteiger partial charge in [-0.1, -0.05) is 0 Å². The van der Waals surface area contributed by atoms with E-state index in [0.29, 0.717) is 5.56 Å². The van der Waals surface area contributed by atoms with Crippen LogP contribution in [0.1, 0.15) is 0 Å². The quantitative estimate of drug-likeness (QED) is 0.728. The summed E-state index contributed by atoms with van der Waals surface area (Å²) in [5.74, 6) is -0.688. The molecule has 128 valence electrons. The van der Waals surface area contributed by atoms with Crippen molar-refractivity contribution in [3.8, 4) is 22.5 Å². The number of rotatable bonds is 4. The molecular weight excluding hydrogens is 338 g/mol. The van der Waals surface area contributed by atoms with Crippen molar-refractivity contribution in [2.24, 2.45) is 0 Å². The SMILES string of the molecule is Fc1cnccc1-c1ncc(NCC(F)(F)F)nc1-c1cccnc1. The first-order valence-electron chi connectivity index (χ1n) is 7.12. The van der Waals surface area contributed by atoms with E-state index in [1.807, 2.05) is 0 Å². The molecule has 0 atom stereocenters. The molecule has 1 N–H and O–H groups in total. The lowest BCUT2D eigenvalue weighted by molar-refractivity contribution is -0.115. The fraction of sp³-hybridized carbons (Fsp3) is 0.125. The Kier molecular flexibility index (Phi) is 4.55. The van der Waals surface area contributed by atoms with Gasteiger partial charge in [0.1, 0.15) is 18.1 Å². The van der Waals surface area contributed by atoms with Gasteiger partial charge in [-0.25, -0.2) is 14.4 Å². The third-order valence-corrected chi connectivity index (χ3v) is 3.20. The van der Waals surface area contributed by atoms with Gasteiger partial charge in [0.2, 0.25) is 0 Å². The summed E-state index contributed by atoms with van der Waals surface area (Å²) in [7, 11) is 0. The third-order valence-electron chi connectivity index (χ3n) is 3.20. The number of alkyl halides is 3. The summed E-state index contributed by atoms with van der Waals surface area (Å²) in [4.78, 5) is 15.9. The molecule has 3 rings (SSSR count). The Hall–Kier alpha value is -3.10. The van der Waals surface area contributed by atoms with Crippen molar-refractivity contribution in [2.45, 2.75) is 6.18 Å². The molecular formula is C16H11F4N5. The Morgan fingerprint density at radius 3 is 2.44 bits per heavy atom. The van der Waals surface area contributed by atoms with Gasteiger partial charge in [-0.3, -0.25) is 9.97 Å². The number of pyridine rings is 2. The average molecular weight is 349 g/mol. The van der Waals surface area contributed by atoms with Crippen LogP contribution >= 0.6 is 0 Å². The summed E-state index contributed by atoms with van der Waals surface area (Å²) in [6, 6.07) is 4.72. The summed E-state index contributed by atoms with van der Waals surface area (Å²) in [6.07, 6.45) is 2.16. The van der Waals surface area contributed by atoms with Crippen LogP contribution in [-0.4, -0.2) is 32.7 Å². The minimum atomic E-state index is -4.40. The molecule has 0 unspecified atom stereocenters. The fourth-order valence-corrected chi connectivity index (χ4v) is 2.13. The Labute approximate surface area is 139 Å². The normalized spacial score (nSPS) is 11.4. The lowest BCUT2D eigenvalue weighted by Gasteiger charge is -2.13. The van der Waals surface area contributed by atoms with E-state index in [9.17, 15) is 17.6 Å². The molecule has 0 amide bonds. The molecule has 0 aliphatic carbocycles. The Balaban J connectivity index is 2.08. The lowest BCUT2D eigenvalue weighted by atomic mass is 10.1. The monoisotopic (exact) mass is 349 g/mol. The Bertz CT molecular complexity index is 868. The van der Waals surface area contributed by atoms with E-state index in [-0.39, 0.29) is 22.8 Å². The van der Waals surface area contributed by atoms with Gasteiger partial charge < -0.3 is 5.32 Å². The van der Waals surface area contributed by atoms with Gasteiger partial charge >= 0.3 is 6.18 Å². The van der Waals surface area contributed by atoms with Crippen molar-refractivity contribution in [1.82, 2.24) is 19.9 Å². The highest BCUT2D eigenvalue weighted by atomic mass is 19.4. The number of hydrogen-bond acceptors (Lipinski definition) is 5. The smallest absolute Gasteiger partial charge is 0.360 e. The maximum absolute atomic E-state index is 14.1. The van der Waals surface area contributed by atoms with Crippen molar-refractivity contribution in [2.75, 3.05) is 11.9 Å². The van der Waals surface area contributed by atoms with E-state index in [4.69, 9.17) is 0 Å². The second-order valence-corrected chi connectivity index (χ2v) is 5.02. The van der Waals surface area contributed by atoms with Crippen LogP contribution in [0.2, 0.25) is 0 Å². The summed E-state index contributed by atoms with van der Waals surface area (Å²) >= 11 is 0. The van der Waals surface area contributed by atoms with Crippen molar-refractivity contribution in [3.05, 3.63) is 55.0 Å². The highest BCUT2D eigenvalue weighted by Crippen LogP contribution is 2.30. The predicted octanol–water partition coefficient (Wildman–Crippen LogP) is 3.71. The lowest BCUT2D eigenvalue weighted by Crippen LogP contribution is -2.22. The largest absolute Gasteiger partial charge is 0.405 e. The fourth-order valence-electron chi connectivity index (χ4n) is 2.13. The molecule has 0 bridgehead atoms. The zero-order valence-electron chi connectivity index (χ0n) is 12.6. The summed E-state index contributed by atoms with van der Waals surface area (Å²) in [6.45, 7) is -1.25. The first kappa shape index (κ1) is 16.7. The minimum Gasteiger partial charge on any atom is -0.360 e. The van der Waals surface area contributed by atoms with Gasteiger partial charge in [-0.15, -0.1) is 0 Å². The van der Waals surface area contributed by atoms with Crippen LogP contribution in [0.5, 0.6) is 0 Å². The van der Waals surface area contributed by atoms with E-state index in [0.717, 1.165) is 12.4 Å². The van der Waals surface area contributed by atoms with E-state index >= 15 is 0 Å². The molecule has 0 aromatic carbocycles. The molecule has 9 heteroatoms. The van der Waals surface area contributed by atoms with E-state index in [1.54, 1.807) is 12.1 Å². The number of aromatic nitrogens is 4. The second-order valence-electron chi connectivity index (χ2n) is 5.02. The van der Waals surface area contributed by atoms with Crippen LogP contribution in [0.3, 0.4) is 0 Å². The number of halogens is 4. The molecule has 3 aromatic rings. The van der Waals surface area contributed by atoms with Gasteiger partial charge in [0, 0.05) is 29.7 Å². The van der Waals surface area contributed by atoms with E-state index in [1.165, 1.54) is 24.7 Å². The standard InChI is InChI=1S/C16H11F4N5/c17-12-7-22-5-3-11(12)15-14(10-2-1-4-21-6-10)25-13(8-23-15)24-9-16(18,19)20/h1-8H,9H2,(H,24,25). The maximum atomic E-state index is 14.1. The van der Waals surface area contributed by atoms with E-state index in [2.05, 4.69) is 25.3 Å². The number of nitrogens with one attached hydrogen (secondary N) is 1. The van der Waals surface area contributed by atoms with Crippen molar-refractivity contribution in [1.29, 1.82) is 0 Å². The summed E-state index contributed by atoms with van der Waals surface area (Å²) in [5, 5.41) is 2.16. The summed E-state index contributed by atoms with van der Waals surface area (Å²) < 4.78 is 51.2. The van der Waals surface area contributed by atoms with E-state index < -0.39 is 18.5 Å². The van der Waals surface area contributed by atoms with Crippen LogP contribution in [0.25, 0.3) is 22.5 Å². The Morgan fingerprint density at radius 2 is 1.76 bits per heavy atom. The third kappa shape index (κ3) is 4.06. The molecule has 0 saturated carbocycles.